The van der Waals surface area contributed by atoms with E-state index in [9.17, 15) is 0 Å². The Hall–Kier alpha value is -1.56. The largest absolute Gasteiger partial charge is 0.384 e. The third kappa shape index (κ3) is 1.56. The van der Waals surface area contributed by atoms with E-state index in [1.165, 1.54) is 25.7 Å². The van der Waals surface area contributed by atoms with E-state index in [0.29, 0.717) is 17.4 Å². The summed E-state index contributed by atoms with van der Waals surface area (Å²) >= 11 is 0. The summed E-state index contributed by atoms with van der Waals surface area (Å²) in [6.07, 6.45) is 4.89. The Balaban J connectivity index is 2.37. The first-order valence-electron chi connectivity index (χ1n) is 4.98. The molecule has 72 valence electrons. The van der Waals surface area contributed by atoms with Crippen LogP contribution in [0.25, 0.3) is 0 Å². The van der Waals surface area contributed by atoms with Crippen molar-refractivity contribution < 1.29 is 0 Å². The molecule has 0 bridgehead atoms. The molecule has 2 rings (SSSR count). The molecule has 1 saturated carbocycles. The molecule has 0 saturated heterocycles. The van der Waals surface area contributed by atoms with E-state index in [1.54, 1.807) is 6.07 Å². The molecule has 1 aliphatic rings. The molecule has 1 fully saturated rings. The maximum atomic E-state index is 8.94. The molecule has 0 atom stereocenters. The van der Waals surface area contributed by atoms with Gasteiger partial charge < -0.3 is 5.73 Å². The Labute approximate surface area is 83.6 Å². The summed E-state index contributed by atoms with van der Waals surface area (Å²) in [5, 5.41) is 8.94. The summed E-state index contributed by atoms with van der Waals surface area (Å²) in [5.41, 5.74) is 7.13. The molecule has 0 amide bonds. The van der Waals surface area contributed by atoms with Crippen molar-refractivity contribution in [1.29, 1.82) is 5.26 Å². The summed E-state index contributed by atoms with van der Waals surface area (Å²) in [6, 6.07) is 5.86. The van der Waals surface area contributed by atoms with Gasteiger partial charge in [-0.2, -0.15) is 5.26 Å². The Bertz CT molecular complexity index is 373. The topological polar surface area (TPSA) is 62.7 Å². The molecule has 0 spiro atoms. The number of nitrogens with zero attached hydrogens (tertiary/aromatic N) is 2. The van der Waals surface area contributed by atoms with Crippen molar-refractivity contribution in [3.05, 3.63) is 23.4 Å². The molecule has 0 unspecified atom stereocenters. The van der Waals surface area contributed by atoms with Gasteiger partial charge in [-0.3, -0.25) is 0 Å². The molecule has 3 heteroatoms. The highest BCUT2D eigenvalue weighted by Gasteiger charge is 2.20. The lowest BCUT2D eigenvalue weighted by atomic mass is 9.96. The van der Waals surface area contributed by atoms with Gasteiger partial charge in [0.15, 0.2) is 0 Å². The summed E-state index contributed by atoms with van der Waals surface area (Å²) in [4.78, 5) is 4.05. The molecule has 1 aliphatic carbocycles. The highest BCUT2D eigenvalue weighted by Crippen LogP contribution is 2.35. The quantitative estimate of drug-likeness (QED) is 0.733. The van der Waals surface area contributed by atoms with Crippen molar-refractivity contribution in [1.82, 2.24) is 4.98 Å². The van der Waals surface area contributed by atoms with Crippen LogP contribution in [0.15, 0.2) is 12.1 Å². The van der Waals surface area contributed by atoms with Gasteiger partial charge in [0.25, 0.3) is 0 Å². The fraction of sp³-hybridized carbons (Fsp3) is 0.455. The smallest absolute Gasteiger partial charge is 0.146 e. The van der Waals surface area contributed by atoms with Crippen LogP contribution in [0.2, 0.25) is 0 Å². The average Bonchev–Trinajstić information content (AvgIpc) is 2.70. The first kappa shape index (κ1) is 9.01. The lowest BCUT2D eigenvalue weighted by Crippen LogP contribution is -2.01. The second kappa shape index (κ2) is 3.67. The van der Waals surface area contributed by atoms with Crippen LogP contribution in [-0.4, -0.2) is 4.98 Å². The predicted molar refractivity (Wildman–Crippen MR) is 54.6 cm³/mol. The first-order valence-corrected chi connectivity index (χ1v) is 4.98. The van der Waals surface area contributed by atoms with Gasteiger partial charge in [0, 0.05) is 0 Å². The van der Waals surface area contributed by atoms with Crippen molar-refractivity contribution in [2.45, 2.75) is 31.6 Å². The number of nitriles is 1. The minimum Gasteiger partial charge on any atom is -0.384 e. The molecular weight excluding hydrogens is 174 g/mol. The van der Waals surface area contributed by atoms with E-state index in [2.05, 4.69) is 11.1 Å². The number of anilines is 1. The first-order chi connectivity index (χ1) is 6.81. The van der Waals surface area contributed by atoms with E-state index in [-0.39, 0.29) is 0 Å². The molecule has 1 heterocycles. The Morgan fingerprint density at radius 2 is 2.07 bits per heavy atom. The molecule has 14 heavy (non-hydrogen) atoms. The number of hydrogen-bond acceptors (Lipinski definition) is 3. The third-order valence-corrected chi connectivity index (χ3v) is 2.85. The normalized spacial score (nSPS) is 16.8. The van der Waals surface area contributed by atoms with E-state index in [1.807, 2.05) is 6.07 Å². The monoisotopic (exact) mass is 187 g/mol. The molecule has 2 N–H and O–H groups in total. The van der Waals surface area contributed by atoms with E-state index in [4.69, 9.17) is 11.0 Å². The van der Waals surface area contributed by atoms with Crippen LogP contribution in [0, 0.1) is 11.3 Å². The minimum absolute atomic E-state index is 0.434. The summed E-state index contributed by atoms with van der Waals surface area (Å²) in [6.45, 7) is 0. The lowest BCUT2D eigenvalue weighted by molar-refractivity contribution is 0.717. The molecule has 1 aromatic heterocycles. The van der Waals surface area contributed by atoms with Crippen LogP contribution in [0.4, 0.5) is 5.82 Å². The van der Waals surface area contributed by atoms with Crippen LogP contribution in [0.1, 0.15) is 42.9 Å². The van der Waals surface area contributed by atoms with Gasteiger partial charge in [-0.1, -0.05) is 18.9 Å². The molecule has 0 radical (unpaired) electrons. The molecule has 3 nitrogen and oxygen atoms in total. The predicted octanol–water partition coefficient (Wildman–Crippen LogP) is 2.19. The van der Waals surface area contributed by atoms with Gasteiger partial charge in [0.05, 0.1) is 0 Å². The van der Waals surface area contributed by atoms with Gasteiger partial charge in [-0.05, 0) is 30.4 Å². The van der Waals surface area contributed by atoms with Crippen molar-refractivity contribution >= 4 is 5.82 Å². The number of nitrogens with two attached hydrogens (primary N) is 1. The summed E-state index contributed by atoms with van der Waals surface area (Å²) in [7, 11) is 0. The fourth-order valence-electron chi connectivity index (χ4n) is 2.14. The second-order valence-corrected chi connectivity index (χ2v) is 3.77. The average molecular weight is 187 g/mol. The zero-order valence-electron chi connectivity index (χ0n) is 8.03. The van der Waals surface area contributed by atoms with Crippen LogP contribution in [0.3, 0.4) is 0 Å². The Morgan fingerprint density at radius 1 is 1.36 bits per heavy atom. The highest BCUT2D eigenvalue weighted by atomic mass is 14.8. The Morgan fingerprint density at radius 3 is 2.71 bits per heavy atom. The summed E-state index contributed by atoms with van der Waals surface area (Å²) < 4.78 is 0. The minimum atomic E-state index is 0.434. The van der Waals surface area contributed by atoms with Crippen LogP contribution < -0.4 is 5.73 Å². The zero-order chi connectivity index (χ0) is 9.97. The Kier molecular flexibility index (Phi) is 2.36. The van der Waals surface area contributed by atoms with E-state index in [0.717, 1.165) is 5.56 Å². The fourth-order valence-corrected chi connectivity index (χ4v) is 2.14. The molecule has 1 aromatic rings. The van der Waals surface area contributed by atoms with Gasteiger partial charge in [-0.15, -0.1) is 0 Å². The van der Waals surface area contributed by atoms with Crippen LogP contribution in [-0.2, 0) is 0 Å². The number of aromatic nitrogens is 1. The van der Waals surface area contributed by atoms with Crippen molar-refractivity contribution in [3.8, 4) is 6.07 Å². The SMILES string of the molecule is N#Cc1nc(N)ccc1C1CCCC1. The highest BCUT2D eigenvalue weighted by molar-refractivity contribution is 5.41. The maximum Gasteiger partial charge on any atom is 0.146 e. The maximum absolute atomic E-state index is 8.94. The van der Waals surface area contributed by atoms with E-state index >= 15 is 0 Å². The molecular formula is C11H13N3. The van der Waals surface area contributed by atoms with E-state index < -0.39 is 0 Å². The number of nitrogen functional groups attached to an aromatic ring is 1. The number of pyridine rings is 1. The van der Waals surface area contributed by atoms with Crippen LogP contribution in [0.5, 0.6) is 0 Å². The van der Waals surface area contributed by atoms with Crippen molar-refractivity contribution in [2.24, 2.45) is 0 Å². The van der Waals surface area contributed by atoms with Crippen LogP contribution >= 0.6 is 0 Å². The molecule has 0 aliphatic heterocycles. The zero-order valence-corrected chi connectivity index (χ0v) is 8.03. The van der Waals surface area contributed by atoms with Gasteiger partial charge in [0.1, 0.15) is 17.6 Å². The lowest BCUT2D eigenvalue weighted by Gasteiger charge is -2.10. The van der Waals surface area contributed by atoms with Crippen molar-refractivity contribution in [2.75, 3.05) is 5.73 Å². The standard InChI is InChI=1S/C11H13N3/c12-7-10-9(5-6-11(13)14-10)8-3-1-2-4-8/h5-6,8H,1-4H2,(H2,13,14). The number of hydrogen-bond donors (Lipinski definition) is 1. The van der Waals surface area contributed by atoms with Crippen molar-refractivity contribution in [3.63, 3.8) is 0 Å². The van der Waals surface area contributed by atoms with Gasteiger partial charge in [-0.25, -0.2) is 4.98 Å². The second-order valence-electron chi connectivity index (χ2n) is 3.77. The number of rotatable bonds is 1. The third-order valence-electron chi connectivity index (χ3n) is 2.85. The van der Waals surface area contributed by atoms with Gasteiger partial charge in [0.2, 0.25) is 0 Å². The molecule has 0 aromatic carbocycles. The van der Waals surface area contributed by atoms with Gasteiger partial charge >= 0.3 is 0 Å². The summed E-state index contributed by atoms with van der Waals surface area (Å²) in [5.74, 6) is 0.959.